The van der Waals surface area contributed by atoms with Gasteiger partial charge in [-0.2, -0.15) is 0 Å². The Labute approximate surface area is 130 Å². The fourth-order valence-electron chi connectivity index (χ4n) is 3.25. The minimum Gasteiger partial charge on any atom is -0.489 e. The van der Waals surface area contributed by atoms with E-state index in [9.17, 15) is 0 Å². The Hall–Kier alpha value is -1.02. The van der Waals surface area contributed by atoms with E-state index in [1.54, 1.807) is 0 Å². The Morgan fingerprint density at radius 1 is 1.24 bits per heavy atom. The van der Waals surface area contributed by atoms with E-state index in [-0.39, 0.29) is 17.6 Å². The fourth-order valence-corrected chi connectivity index (χ4v) is 3.25. The molecular formula is C19H31NO. The summed E-state index contributed by atoms with van der Waals surface area (Å²) in [5, 5.41) is 0. The molecular weight excluding hydrogens is 258 g/mol. The highest BCUT2D eigenvalue weighted by Gasteiger charge is 2.29. The van der Waals surface area contributed by atoms with Gasteiger partial charge in [-0.1, -0.05) is 52.7 Å². The Kier molecular flexibility index (Phi) is 5.32. The maximum absolute atomic E-state index is 6.28. The molecule has 1 saturated carbocycles. The number of nitrogens with two attached hydrogens (primary N) is 1. The Morgan fingerprint density at radius 2 is 2.00 bits per heavy atom. The van der Waals surface area contributed by atoms with E-state index >= 15 is 0 Å². The maximum atomic E-state index is 6.28. The number of hydrogen-bond acceptors (Lipinski definition) is 2. The van der Waals surface area contributed by atoms with Crippen LogP contribution in [-0.4, -0.2) is 12.1 Å². The molecule has 1 aromatic carbocycles. The average molecular weight is 289 g/mol. The molecule has 3 atom stereocenters. The predicted octanol–water partition coefficient (Wildman–Crippen LogP) is 4.66. The molecule has 21 heavy (non-hydrogen) atoms. The van der Waals surface area contributed by atoms with Gasteiger partial charge in [0.25, 0.3) is 0 Å². The SMILES string of the molecule is CCCC1CCC(N)C(Oc2cccc(C(C)(C)C)c2)C1. The zero-order chi connectivity index (χ0) is 15.5. The van der Waals surface area contributed by atoms with Crippen molar-refractivity contribution in [1.29, 1.82) is 0 Å². The van der Waals surface area contributed by atoms with Crippen LogP contribution in [0.25, 0.3) is 0 Å². The lowest BCUT2D eigenvalue weighted by molar-refractivity contribution is 0.0991. The van der Waals surface area contributed by atoms with Gasteiger partial charge in [0.1, 0.15) is 11.9 Å². The first-order chi connectivity index (χ1) is 9.90. The van der Waals surface area contributed by atoms with Gasteiger partial charge in [0.2, 0.25) is 0 Å². The van der Waals surface area contributed by atoms with Gasteiger partial charge in [0.05, 0.1) is 0 Å². The smallest absolute Gasteiger partial charge is 0.120 e. The molecule has 1 aliphatic carbocycles. The minimum atomic E-state index is 0.152. The third-order valence-corrected chi connectivity index (χ3v) is 4.64. The lowest BCUT2D eigenvalue weighted by atomic mass is 9.82. The van der Waals surface area contributed by atoms with E-state index in [0.717, 1.165) is 24.5 Å². The quantitative estimate of drug-likeness (QED) is 0.875. The van der Waals surface area contributed by atoms with Crippen molar-refractivity contribution < 1.29 is 4.74 Å². The number of ether oxygens (including phenoxy) is 1. The van der Waals surface area contributed by atoms with Crippen molar-refractivity contribution in [2.45, 2.75) is 77.4 Å². The van der Waals surface area contributed by atoms with Crippen molar-refractivity contribution in [3.05, 3.63) is 29.8 Å². The van der Waals surface area contributed by atoms with Gasteiger partial charge in [0, 0.05) is 6.04 Å². The topological polar surface area (TPSA) is 35.2 Å². The van der Waals surface area contributed by atoms with Crippen LogP contribution in [0.3, 0.4) is 0 Å². The van der Waals surface area contributed by atoms with E-state index < -0.39 is 0 Å². The average Bonchev–Trinajstić information content (AvgIpc) is 2.42. The van der Waals surface area contributed by atoms with Crippen LogP contribution in [0.15, 0.2) is 24.3 Å². The molecule has 1 aliphatic rings. The predicted molar refractivity (Wildman–Crippen MR) is 89.8 cm³/mol. The summed E-state index contributed by atoms with van der Waals surface area (Å²) >= 11 is 0. The van der Waals surface area contributed by atoms with Gasteiger partial charge in [-0.3, -0.25) is 0 Å². The fraction of sp³-hybridized carbons (Fsp3) is 0.684. The first-order valence-corrected chi connectivity index (χ1v) is 8.43. The number of hydrogen-bond donors (Lipinski definition) is 1. The van der Waals surface area contributed by atoms with E-state index in [4.69, 9.17) is 10.5 Å². The summed E-state index contributed by atoms with van der Waals surface area (Å²) in [6.45, 7) is 8.96. The second-order valence-electron chi connectivity index (χ2n) is 7.57. The molecule has 118 valence electrons. The lowest BCUT2D eigenvalue weighted by Crippen LogP contribution is -2.43. The standard InChI is InChI=1S/C19H31NO/c1-5-7-14-10-11-17(20)18(12-14)21-16-9-6-8-15(13-16)19(2,3)4/h6,8-9,13-14,17-18H,5,7,10-12,20H2,1-4H3. The highest BCUT2D eigenvalue weighted by Crippen LogP contribution is 2.31. The van der Waals surface area contributed by atoms with Crippen LogP contribution in [0, 0.1) is 5.92 Å². The van der Waals surface area contributed by atoms with Gasteiger partial charge in [0.15, 0.2) is 0 Å². The zero-order valence-electron chi connectivity index (χ0n) is 14.1. The van der Waals surface area contributed by atoms with Crippen LogP contribution in [0.2, 0.25) is 0 Å². The largest absolute Gasteiger partial charge is 0.489 e. The van der Waals surface area contributed by atoms with Gasteiger partial charge in [-0.25, -0.2) is 0 Å². The van der Waals surface area contributed by atoms with Gasteiger partial charge < -0.3 is 10.5 Å². The Bertz CT molecular complexity index is 449. The maximum Gasteiger partial charge on any atom is 0.120 e. The van der Waals surface area contributed by atoms with Crippen LogP contribution < -0.4 is 10.5 Å². The molecule has 0 bridgehead atoms. The summed E-state index contributed by atoms with van der Waals surface area (Å²) in [5.74, 6) is 1.76. The minimum absolute atomic E-state index is 0.152. The monoisotopic (exact) mass is 289 g/mol. The van der Waals surface area contributed by atoms with Crippen LogP contribution in [0.5, 0.6) is 5.75 Å². The van der Waals surface area contributed by atoms with E-state index in [0.29, 0.717) is 0 Å². The normalized spacial score (nSPS) is 26.6. The molecule has 0 spiro atoms. The molecule has 0 aliphatic heterocycles. The summed E-state index contributed by atoms with van der Waals surface area (Å²) in [5.41, 5.74) is 7.75. The highest BCUT2D eigenvalue weighted by molar-refractivity contribution is 5.32. The van der Waals surface area contributed by atoms with Gasteiger partial charge >= 0.3 is 0 Å². The molecule has 0 heterocycles. The van der Waals surface area contributed by atoms with Crippen LogP contribution in [0.1, 0.15) is 65.4 Å². The Morgan fingerprint density at radius 3 is 2.67 bits per heavy atom. The van der Waals surface area contributed by atoms with Crippen LogP contribution in [-0.2, 0) is 5.41 Å². The first-order valence-electron chi connectivity index (χ1n) is 8.43. The summed E-state index contributed by atoms with van der Waals surface area (Å²) < 4.78 is 6.25. The van der Waals surface area contributed by atoms with Crippen molar-refractivity contribution in [2.75, 3.05) is 0 Å². The lowest BCUT2D eigenvalue weighted by Gasteiger charge is -2.34. The van der Waals surface area contributed by atoms with E-state index in [1.807, 2.05) is 0 Å². The van der Waals surface area contributed by atoms with Crippen molar-refractivity contribution in [2.24, 2.45) is 11.7 Å². The molecule has 2 rings (SSSR count). The van der Waals surface area contributed by atoms with Gasteiger partial charge in [-0.05, 0) is 48.3 Å². The second kappa shape index (κ2) is 6.83. The summed E-state index contributed by atoms with van der Waals surface area (Å²) in [6.07, 6.45) is 6.19. The van der Waals surface area contributed by atoms with Crippen molar-refractivity contribution >= 4 is 0 Å². The summed E-state index contributed by atoms with van der Waals surface area (Å²) in [6, 6.07) is 8.68. The molecule has 0 aromatic heterocycles. The molecule has 3 unspecified atom stereocenters. The molecule has 0 amide bonds. The van der Waals surface area contributed by atoms with Crippen molar-refractivity contribution in [3.63, 3.8) is 0 Å². The van der Waals surface area contributed by atoms with Crippen molar-refractivity contribution in [3.8, 4) is 5.75 Å². The summed E-state index contributed by atoms with van der Waals surface area (Å²) in [4.78, 5) is 0. The van der Waals surface area contributed by atoms with Crippen molar-refractivity contribution in [1.82, 2.24) is 0 Å². The first kappa shape index (κ1) is 16.4. The third-order valence-electron chi connectivity index (χ3n) is 4.64. The van der Waals surface area contributed by atoms with E-state index in [1.165, 1.54) is 24.8 Å². The molecule has 2 N–H and O–H groups in total. The molecule has 1 fully saturated rings. The Balaban J connectivity index is 2.06. The van der Waals surface area contributed by atoms with Crippen LogP contribution >= 0.6 is 0 Å². The highest BCUT2D eigenvalue weighted by atomic mass is 16.5. The third kappa shape index (κ3) is 4.47. The molecule has 0 radical (unpaired) electrons. The molecule has 0 saturated heterocycles. The second-order valence-corrected chi connectivity index (χ2v) is 7.57. The molecule has 2 nitrogen and oxygen atoms in total. The number of benzene rings is 1. The van der Waals surface area contributed by atoms with E-state index in [2.05, 4.69) is 52.0 Å². The van der Waals surface area contributed by atoms with Gasteiger partial charge in [-0.15, -0.1) is 0 Å². The molecule has 2 heteroatoms. The zero-order valence-corrected chi connectivity index (χ0v) is 14.1. The summed E-state index contributed by atoms with van der Waals surface area (Å²) in [7, 11) is 0. The van der Waals surface area contributed by atoms with Crippen LogP contribution in [0.4, 0.5) is 0 Å². The number of rotatable bonds is 4. The molecule has 1 aromatic rings.